The van der Waals surface area contributed by atoms with E-state index in [0.29, 0.717) is 25.1 Å². The first-order chi connectivity index (χ1) is 12.6. The van der Waals surface area contributed by atoms with Crippen molar-refractivity contribution in [3.8, 4) is 0 Å². The van der Waals surface area contributed by atoms with E-state index >= 15 is 0 Å². The summed E-state index contributed by atoms with van der Waals surface area (Å²) in [6.45, 7) is 2.96. The Morgan fingerprint density at radius 3 is 2.77 bits per heavy atom. The number of piperidine rings is 1. The third-order valence-electron chi connectivity index (χ3n) is 4.98. The molecule has 7 nitrogen and oxygen atoms in total. The zero-order chi connectivity index (χ0) is 18.5. The minimum absolute atomic E-state index is 0.109. The van der Waals surface area contributed by atoms with E-state index in [0.717, 1.165) is 37.1 Å². The first kappa shape index (κ1) is 18.5. The van der Waals surface area contributed by atoms with Crippen LogP contribution in [0.3, 0.4) is 0 Å². The number of hydrogen-bond acceptors (Lipinski definition) is 5. The van der Waals surface area contributed by atoms with Gasteiger partial charge < -0.3 is 15.5 Å². The van der Waals surface area contributed by atoms with Gasteiger partial charge in [-0.1, -0.05) is 18.2 Å². The van der Waals surface area contributed by atoms with Crippen molar-refractivity contribution in [3.05, 3.63) is 34.9 Å². The van der Waals surface area contributed by atoms with E-state index < -0.39 is 6.04 Å². The summed E-state index contributed by atoms with van der Waals surface area (Å²) in [5, 5.41) is 8.86. The molecule has 1 aromatic rings. The highest BCUT2D eigenvalue weighted by molar-refractivity contribution is 6.05. The number of hydrogen-bond donors (Lipinski definition) is 3. The number of benzene rings is 1. The van der Waals surface area contributed by atoms with Crippen molar-refractivity contribution < 1.29 is 14.4 Å². The predicted octanol–water partition coefficient (Wildman–Crippen LogP) is 0.537. The van der Waals surface area contributed by atoms with Crippen LogP contribution in [0.4, 0.5) is 0 Å². The van der Waals surface area contributed by atoms with E-state index in [1.807, 2.05) is 25.2 Å². The van der Waals surface area contributed by atoms with Gasteiger partial charge in [-0.25, -0.2) is 0 Å². The van der Waals surface area contributed by atoms with Crippen LogP contribution in [0.2, 0.25) is 0 Å². The van der Waals surface area contributed by atoms with E-state index in [-0.39, 0.29) is 24.1 Å². The fraction of sp³-hybridized carbons (Fsp3) is 0.526. The van der Waals surface area contributed by atoms with Gasteiger partial charge >= 0.3 is 0 Å². The molecule has 2 aliphatic heterocycles. The summed E-state index contributed by atoms with van der Waals surface area (Å²) in [6.07, 6.45) is 2.85. The van der Waals surface area contributed by atoms with Gasteiger partial charge in [0, 0.05) is 25.1 Å². The van der Waals surface area contributed by atoms with Crippen LogP contribution in [0.25, 0.3) is 0 Å². The van der Waals surface area contributed by atoms with Crippen molar-refractivity contribution >= 4 is 17.7 Å². The first-order valence-electron chi connectivity index (χ1n) is 9.22. The fourth-order valence-corrected chi connectivity index (χ4v) is 3.61. The molecule has 140 valence electrons. The Bertz CT molecular complexity index is 704. The Morgan fingerprint density at radius 2 is 2.00 bits per heavy atom. The van der Waals surface area contributed by atoms with Crippen molar-refractivity contribution in [2.75, 3.05) is 20.1 Å². The number of nitrogens with one attached hydrogen (secondary N) is 3. The maximum atomic E-state index is 12.9. The molecule has 3 rings (SSSR count). The third-order valence-corrected chi connectivity index (χ3v) is 4.98. The molecule has 7 heteroatoms. The van der Waals surface area contributed by atoms with Crippen LogP contribution < -0.4 is 16.0 Å². The Labute approximate surface area is 153 Å². The standard InChI is InChI=1S/C19H26N4O3/c1-20-9-2-3-10-21-11-13-5-4-6-14-12-23(19(26)17(13)14)15-7-8-16(24)22-18(15)25/h4-6,15,20-21H,2-3,7-12H2,1H3,(H,22,24,25). The van der Waals surface area contributed by atoms with Gasteiger partial charge in [-0.3, -0.25) is 19.7 Å². The fourth-order valence-electron chi connectivity index (χ4n) is 3.61. The first-order valence-corrected chi connectivity index (χ1v) is 9.22. The molecule has 0 saturated carbocycles. The molecule has 0 radical (unpaired) electrons. The molecule has 26 heavy (non-hydrogen) atoms. The normalized spacial score (nSPS) is 19.7. The molecule has 3 amide bonds. The van der Waals surface area contributed by atoms with E-state index in [1.54, 1.807) is 4.90 Å². The number of fused-ring (bicyclic) bond motifs is 1. The zero-order valence-electron chi connectivity index (χ0n) is 15.1. The van der Waals surface area contributed by atoms with Gasteiger partial charge in [0.1, 0.15) is 6.04 Å². The van der Waals surface area contributed by atoms with Gasteiger partial charge in [0.05, 0.1) is 0 Å². The van der Waals surface area contributed by atoms with Crippen LogP contribution in [-0.2, 0) is 22.7 Å². The van der Waals surface area contributed by atoms with Crippen molar-refractivity contribution in [1.29, 1.82) is 0 Å². The Kier molecular flexibility index (Phi) is 6.00. The number of imide groups is 1. The minimum atomic E-state index is -0.560. The summed E-state index contributed by atoms with van der Waals surface area (Å²) in [4.78, 5) is 38.0. The van der Waals surface area contributed by atoms with Crippen molar-refractivity contribution in [2.24, 2.45) is 0 Å². The van der Waals surface area contributed by atoms with Gasteiger partial charge in [-0.05, 0) is 50.5 Å². The topological polar surface area (TPSA) is 90.5 Å². The van der Waals surface area contributed by atoms with Crippen LogP contribution in [0.5, 0.6) is 0 Å². The highest BCUT2D eigenvalue weighted by Gasteiger charge is 2.39. The van der Waals surface area contributed by atoms with Crippen LogP contribution in [0.15, 0.2) is 18.2 Å². The molecule has 1 atom stereocenters. The molecule has 0 spiro atoms. The Hall–Kier alpha value is -2.25. The van der Waals surface area contributed by atoms with E-state index in [1.165, 1.54) is 0 Å². The van der Waals surface area contributed by atoms with Gasteiger partial charge in [0.2, 0.25) is 11.8 Å². The summed E-state index contributed by atoms with van der Waals surface area (Å²) >= 11 is 0. The van der Waals surface area contributed by atoms with E-state index in [4.69, 9.17) is 0 Å². The molecule has 1 aromatic carbocycles. The average molecular weight is 358 g/mol. The van der Waals surface area contributed by atoms with Gasteiger partial charge in [0.15, 0.2) is 0 Å². The van der Waals surface area contributed by atoms with Gasteiger partial charge in [0.25, 0.3) is 5.91 Å². The molecule has 0 bridgehead atoms. The summed E-state index contributed by atoms with van der Waals surface area (Å²) in [5.74, 6) is -0.743. The highest BCUT2D eigenvalue weighted by atomic mass is 16.2. The number of unbranched alkanes of at least 4 members (excludes halogenated alkanes) is 1. The molecular formula is C19H26N4O3. The zero-order valence-corrected chi connectivity index (χ0v) is 15.1. The number of carbonyl (C=O) groups is 3. The molecule has 3 N–H and O–H groups in total. The second kappa shape index (κ2) is 8.42. The maximum Gasteiger partial charge on any atom is 0.255 e. The van der Waals surface area contributed by atoms with Crippen molar-refractivity contribution in [3.63, 3.8) is 0 Å². The SMILES string of the molecule is CNCCCCNCc1cccc2c1C(=O)N(C1CCC(=O)NC1=O)C2. The number of amides is 3. The predicted molar refractivity (Wildman–Crippen MR) is 97.4 cm³/mol. The lowest BCUT2D eigenvalue weighted by molar-refractivity contribution is -0.136. The summed E-state index contributed by atoms with van der Waals surface area (Å²) in [7, 11) is 1.94. The van der Waals surface area contributed by atoms with Crippen LogP contribution >= 0.6 is 0 Å². The lowest BCUT2D eigenvalue weighted by Crippen LogP contribution is -2.52. The van der Waals surface area contributed by atoms with Crippen LogP contribution in [0, 0.1) is 0 Å². The molecule has 2 heterocycles. The van der Waals surface area contributed by atoms with Crippen molar-refractivity contribution in [2.45, 2.75) is 44.8 Å². The number of carbonyl (C=O) groups excluding carboxylic acids is 3. The lowest BCUT2D eigenvalue weighted by Gasteiger charge is -2.29. The second-order valence-corrected chi connectivity index (χ2v) is 6.84. The molecule has 2 aliphatic rings. The largest absolute Gasteiger partial charge is 0.322 e. The molecule has 0 aromatic heterocycles. The molecule has 0 aliphatic carbocycles. The molecule has 1 fully saturated rings. The smallest absolute Gasteiger partial charge is 0.255 e. The lowest BCUT2D eigenvalue weighted by atomic mass is 10.0. The van der Waals surface area contributed by atoms with Gasteiger partial charge in [-0.15, -0.1) is 0 Å². The number of nitrogens with zero attached hydrogens (tertiary/aromatic N) is 1. The van der Waals surface area contributed by atoms with Gasteiger partial charge in [-0.2, -0.15) is 0 Å². The van der Waals surface area contributed by atoms with Crippen LogP contribution in [0.1, 0.15) is 47.2 Å². The maximum absolute atomic E-state index is 12.9. The second-order valence-electron chi connectivity index (χ2n) is 6.84. The number of rotatable bonds is 8. The quantitative estimate of drug-likeness (QED) is 0.466. The third kappa shape index (κ3) is 3.94. The Morgan fingerprint density at radius 1 is 1.19 bits per heavy atom. The monoisotopic (exact) mass is 358 g/mol. The van der Waals surface area contributed by atoms with E-state index in [2.05, 4.69) is 16.0 Å². The van der Waals surface area contributed by atoms with Crippen LogP contribution in [-0.4, -0.2) is 48.8 Å². The summed E-state index contributed by atoms with van der Waals surface area (Å²) in [6, 6.07) is 5.30. The minimum Gasteiger partial charge on any atom is -0.322 e. The summed E-state index contributed by atoms with van der Waals surface area (Å²) in [5.41, 5.74) is 2.63. The summed E-state index contributed by atoms with van der Waals surface area (Å²) < 4.78 is 0. The Balaban J connectivity index is 1.64. The molecular weight excluding hydrogens is 332 g/mol. The average Bonchev–Trinajstić information content (AvgIpc) is 2.95. The van der Waals surface area contributed by atoms with E-state index in [9.17, 15) is 14.4 Å². The van der Waals surface area contributed by atoms with Crippen molar-refractivity contribution in [1.82, 2.24) is 20.9 Å². The molecule has 1 saturated heterocycles. The molecule has 1 unspecified atom stereocenters. The highest BCUT2D eigenvalue weighted by Crippen LogP contribution is 2.29.